The molecule has 2 aromatic carbocycles. The number of hydrogen-bond donors (Lipinski definition) is 2. The van der Waals surface area contributed by atoms with Gasteiger partial charge in [0.1, 0.15) is 5.82 Å². The molecule has 0 unspecified atom stereocenters. The van der Waals surface area contributed by atoms with Crippen LogP contribution in [-0.4, -0.2) is 30.6 Å². The van der Waals surface area contributed by atoms with Gasteiger partial charge in [-0.15, -0.1) is 0 Å². The first-order valence-corrected chi connectivity index (χ1v) is 7.25. The molecule has 0 saturated heterocycles. The van der Waals surface area contributed by atoms with E-state index in [1.807, 2.05) is 5.43 Å². The molecule has 5 nitrogen and oxygen atoms in total. The zero-order valence-electron chi connectivity index (χ0n) is 13.5. The van der Waals surface area contributed by atoms with Crippen LogP contribution in [0.25, 0.3) is 11.1 Å². The summed E-state index contributed by atoms with van der Waals surface area (Å²) in [6.07, 6.45) is -5.63. The van der Waals surface area contributed by atoms with Crippen molar-refractivity contribution < 1.29 is 32.2 Å². The molecule has 2 N–H and O–H groups in total. The number of carbonyl (C=O) groups excluding carboxylic acids is 1. The molecule has 0 aliphatic heterocycles. The first kappa shape index (κ1) is 19.4. The molecule has 0 aliphatic rings. The third-order valence-corrected chi connectivity index (χ3v) is 3.43. The summed E-state index contributed by atoms with van der Waals surface area (Å²) in [5.41, 5.74) is 0.751. The molecule has 2 rings (SSSR count). The SMILES string of the molecule is COC(=O)N/N=C(\CO)c1ccc(-c2ccc(F)cc2)c(C(F)(F)F)c1. The highest BCUT2D eigenvalue weighted by atomic mass is 19.4. The van der Waals surface area contributed by atoms with Crippen LogP contribution in [0.5, 0.6) is 0 Å². The number of halogens is 4. The van der Waals surface area contributed by atoms with Crippen molar-refractivity contribution in [1.29, 1.82) is 0 Å². The van der Waals surface area contributed by atoms with Gasteiger partial charge in [0.2, 0.25) is 0 Å². The molecule has 138 valence electrons. The quantitative estimate of drug-likeness (QED) is 0.491. The van der Waals surface area contributed by atoms with Crippen molar-refractivity contribution in [1.82, 2.24) is 5.43 Å². The standard InChI is InChI=1S/C17H14F4N2O3/c1-26-16(25)23-22-15(9-24)11-4-7-13(14(8-11)17(19,20)21)10-2-5-12(18)6-3-10/h2-8,24H,9H2,1H3,(H,23,25)/b22-15+. The smallest absolute Gasteiger partial charge is 0.427 e. The number of hydrazone groups is 1. The third-order valence-electron chi connectivity index (χ3n) is 3.43. The lowest BCUT2D eigenvalue weighted by molar-refractivity contribution is -0.137. The van der Waals surface area contributed by atoms with Gasteiger partial charge in [-0.3, -0.25) is 0 Å². The normalized spacial score (nSPS) is 12.0. The van der Waals surface area contributed by atoms with Gasteiger partial charge in [0.15, 0.2) is 0 Å². The number of ether oxygens (including phenoxy) is 1. The maximum absolute atomic E-state index is 13.5. The first-order chi connectivity index (χ1) is 12.3. The summed E-state index contributed by atoms with van der Waals surface area (Å²) in [6, 6.07) is 7.89. The molecule has 0 spiro atoms. The van der Waals surface area contributed by atoms with Crippen molar-refractivity contribution in [3.8, 4) is 11.1 Å². The van der Waals surface area contributed by atoms with Crippen LogP contribution >= 0.6 is 0 Å². The van der Waals surface area contributed by atoms with E-state index in [0.29, 0.717) is 0 Å². The number of nitrogens with one attached hydrogen (secondary N) is 1. The Kier molecular flexibility index (Phi) is 5.93. The van der Waals surface area contributed by atoms with E-state index in [0.717, 1.165) is 25.3 Å². The Labute approximate surface area is 145 Å². The highest BCUT2D eigenvalue weighted by Gasteiger charge is 2.34. The van der Waals surface area contributed by atoms with E-state index in [1.54, 1.807) is 0 Å². The second-order valence-corrected chi connectivity index (χ2v) is 5.09. The van der Waals surface area contributed by atoms with Gasteiger partial charge in [-0.2, -0.15) is 18.3 Å². The lowest BCUT2D eigenvalue weighted by Crippen LogP contribution is -2.21. The van der Waals surface area contributed by atoms with Gasteiger partial charge in [0.05, 0.1) is 25.0 Å². The molecule has 0 radical (unpaired) electrons. The minimum Gasteiger partial charge on any atom is -0.452 e. The number of hydrogen-bond acceptors (Lipinski definition) is 4. The fourth-order valence-electron chi connectivity index (χ4n) is 2.19. The van der Waals surface area contributed by atoms with Crippen molar-refractivity contribution in [2.45, 2.75) is 6.18 Å². The number of alkyl halides is 3. The summed E-state index contributed by atoms with van der Waals surface area (Å²) in [4.78, 5) is 11.0. The van der Waals surface area contributed by atoms with Crippen molar-refractivity contribution in [3.63, 3.8) is 0 Å². The number of nitrogens with zero attached hydrogens (tertiary/aromatic N) is 1. The molecule has 0 saturated carbocycles. The number of rotatable bonds is 4. The number of benzene rings is 2. The lowest BCUT2D eigenvalue weighted by Gasteiger charge is -2.15. The van der Waals surface area contributed by atoms with Crippen LogP contribution in [0.3, 0.4) is 0 Å². The molecular weight excluding hydrogens is 356 g/mol. The highest BCUT2D eigenvalue weighted by Crippen LogP contribution is 2.37. The molecule has 1 amide bonds. The number of methoxy groups -OCH3 is 1. The van der Waals surface area contributed by atoms with Crippen molar-refractivity contribution in [2.24, 2.45) is 5.10 Å². The third kappa shape index (κ3) is 4.57. The Bertz CT molecular complexity index is 818. The number of carbonyl (C=O) groups is 1. The zero-order chi connectivity index (χ0) is 19.3. The summed E-state index contributed by atoms with van der Waals surface area (Å²) in [5, 5.41) is 12.9. The number of amides is 1. The van der Waals surface area contributed by atoms with Gasteiger partial charge in [0.25, 0.3) is 0 Å². The van der Waals surface area contributed by atoms with Gasteiger partial charge in [0, 0.05) is 5.56 Å². The minimum atomic E-state index is -4.70. The second-order valence-electron chi connectivity index (χ2n) is 5.09. The Morgan fingerprint density at radius 1 is 1.19 bits per heavy atom. The van der Waals surface area contributed by atoms with Gasteiger partial charge in [-0.05, 0) is 29.3 Å². The van der Waals surface area contributed by atoms with E-state index in [4.69, 9.17) is 0 Å². The molecule has 9 heteroatoms. The van der Waals surface area contributed by atoms with Crippen LogP contribution in [0.15, 0.2) is 47.6 Å². The van der Waals surface area contributed by atoms with Crippen LogP contribution in [0, 0.1) is 5.82 Å². The van der Waals surface area contributed by atoms with E-state index in [1.165, 1.54) is 24.3 Å². The van der Waals surface area contributed by atoms with Gasteiger partial charge < -0.3 is 9.84 Å². The minimum absolute atomic E-state index is 0.0397. The molecule has 0 aliphatic carbocycles. The zero-order valence-corrected chi connectivity index (χ0v) is 13.5. The predicted octanol–water partition coefficient (Wildman–Crippen LogP) is 3.56. The van der Waals surface area contributed by atoms with E-state index < -0.39 is 30.3 Å². The Hall–Kier alpha value is -2.94. The van der Waals surface area contributed by atoms with Crippen LogP contribution in [0.2, 0.25) is 0 Å². The van der Waals surface area contributed by atoms with Crippen molar-refractivity contribution >= 4 is 11.8 Å². The summed E-state index contributed by atoms with van der Waals surface area (Å²) in [6.45, 7) is -0.711. The predicted molar refractivity (Wildman–Crippen MR) is 86.0 cm³/mol. The topological polar surface area (TPSA) is 70.9 Å². The summed E-state index contributed by atoms with van der Waals surface area (Å²) >= 11 is 0. The maximum atomic E-state index is 13.5. The van der Waals surface area contributed by atoms with Crippen molar-refractivity contribution in [2.75, 3.05) is 13.7 Å². The fraction of sp³-hybridized carbons (Fsp3) is 0.176. The number of aliphatic hydroxyl groups is 1. The molecule has 0 fully saturated rings. The van der Waals surface area contributed by atoms with Crippen LogP contribution in [-0.2, 0) is 10.9 Å². The van der Waals surface area contributed by atoms with Crippen molar-refractivity contribution in [3.05, 3.63) is 59.4 Å². The average Bonchev–Trinajstić information content (AvgIpc) is 2.62. The maximum Gasteiger partial charge on any atom is 0.427 e. The van der Waals surface area contributed by atoms with Crippen LogP contribution in [0.1, 0.15) is 11.1 Å². The highest BCUT2D eigenvalue weighted by molar-refractivity contribution is 6.02. The Morgan fingerprint density at radius 2 is 1.85 bits per heavy atom. The van der Waals surface area contributed by atoms with Crippen LogP contribution in [0.4, 0.5) is 22.4 Å². The molecule has 26 heavy (non-hydrogen) atoms. The molecule has 0 atom stereocenters. The second kappa shape index (κ2) is 7.96. The van der Waals surface area contributed by atoms with E-state index in [2.05, 4.69) is 9.84 Å². The largest absolute Gasteiger partial charge is 0.452 e. The fourth-order valence-corrected chi connectivity index (χ4v) is 2.19. The summed E-state index contributed by atoms with van der Waals surface area (Å²) < 4.78 is 57.7. The monoisotopic (exact) mass is 370 g/mol. The molecule has 0 heterocycles. The molecular formula is C17H14F4N2O3. The molecule has 2 aromatic rings. The summed E-state index contributed by atoms with van der Waals surface area (Å²) in [5.74, 6) is -0.567. The van der Waals surface area contributed by atoms with E-state index in [-0.39, 0.29) is 22.4 Å². The Morgan fingerprint density at radius 3 is 2.38 bits per heavy atom. The van der Waals surface area contributed by atoms with E-state index >= 15 is 0 Å². The average molecular weight is 370 g/mol. The Balaban J connectivity index is 2.51. The van der Waals surface area contributed by atoms with Gasteiger partial charge in [-0.1, -0.05) is 24.3 Å². The first-order valence-electron chi connectivity index (χ1n) is 7.25. The van der Waals surface area contributed by atoms with Gasteiger partial charge in [-0.25, -0.2) is 14.6 Å². The number of aliphatic hydroxyl groups excluding tert-OH is 1. The summed E-state index contributed by atoms with van der Waals surface area (Å²) in [7, 11) is 1.09. The molecule has 0 bridgehead atoms. The molecule has 0 aromatic heterocycles. The van der Waals surface area contributed by atoms with Gasteiger partial charge >= 0.3 is 12.3 Å². The lowest BCUT2D eigenvalue weighted by atomic mass is 9.95. The van der Waals surface area contributed by atoms with E-state index in [9.17, 15) is 27.5 Å². The van der Waals surface area contributed by atoms with Crippen LogP contribution < -0.4 is 5.43 Å².